The predicted molar refractivity (Wildman–Crippen MR) is 92.3 cm³/mol. The maximum Gasteiger partial charge on any atom is 0.535 e. The van der Waals surface area contributed by atoms with E-state index in [9.17, 15) is 4.79 Å². The molecule has 0 aliphatic heterocycles. The minimum atomic E-state index is -0.812. The van der Waals surface area contributed by atoms with Gasteiger partial charge in [-0.1, -0.05) is 69.5 Å². The fraction of sp³-hybridized carbons (Fsp3) is 0.556. The molecule has 2 N–H and O–H groups in total. The molecule has 0 aliphatic rings. The number of hydrogen-bond donors (Lipinski definition) is 1. The van der Waals surface area contributed by atoms with E-state index in [0.717, 1.165) is 32.1 Å². The molecule has 0 heterocycles. The van der Waals surface area contributed by atoms with E-state index in [1.165, 1.54) is 5.56 Å². The number of hydrogen-bond acceptors (Lipinski definition) is 4. The lowest BCUT2D eigenvalue weighted by Crippen LogP contribution is -2.17. The highest BCUT2D eigenvalue weighted by Crippen LogP contribution is 2.13. The van der Waals surface area contributed by atoms with E-state index in [0.29, 0.717) is 18.1 Å². The van der Waals surface area contributed by atoms with Crippen LogP contribution >= 0.6 is 0 Å². The molecule has 0 bridgehead atoms. The van der Waals surface area contributed by atoms with Gasteiger partial charge in [0.05, 0.1) is 6.61 Å². The summed E-state index contributed by atoms with van der Waals surface area (Å²) in [5, 5.41) is 3.64. The summed E-state index contributed by atoms with van der Waals surface area (Å²) in [6.07, 6.45) is 4.44. The van der Waals surface area contributed by atoms with Crippen molar-refractivity contribution in [3.63, 3.8) is 0 Å². The number of aryl methyl sites for hydroxylation is 1. The average Bonchev–Trinajstić information content (AvgIpc) is 2.59. The van der Waals surface area contributed by atoms with Gasteiger partial charge in [-0.25, -0.2) is 4.79 Å². The smallest absolute Gasteiger partial charge is 0.432 e. The molecule has 1 unspecified atom stereocenters. The third-order valence-electron chi connectivity index (χ3n) is 3.86. The maximum atomic E-state index is 11.6. The van der Waals surface area contributed by atoms with Gasteiger partial charge >= 0.3 is 6.16 Å². The van der Waals surface area contributed by atoms with Crippen molar-refractivity contribution in [3.05, 3.63) is 35.4 Å². The van der Waals surface area contributed by atoms with E-state index < -0.39 is 6.16 Å². The topological polar surface area (TPSA) is 73.9 Å². The molecular formula is C18H28N2O3. The summed E-state index contributed by atoms with van der Waals surface area (Å²) in [4.78, 5) is 16.3. The molecule has 0 aliphatic carbocycles. The predicted octanol–water partition coefficient (Wildman–Crippen LogP) is 4.24. The van der Waals surface area contributed by atoms with Crippen molar-refractivity contribution >= 4 is 12.0 Å². The number of benzene rings is 1. The van der Waals surface area contributed by atoms with Gasteiger partial charge in [-0.2, -0.15) is 0 Å². The first-order chi connectivity index (χ1) is 11.1. The van der Waals surface area contributed by atoms with Gasteiger partial charge in [0.1, 0.15) is 0 Å². The van der Waals surface area contributed by atoms with Crippen LogP contribution in [0.15, 0.2) is 29.4 Å². The van der Waals surface area contributed by atoms with Gasteiger partial charge in [-0.15, -0.1) is 0 Å². The normalized spacial score (nSPS) is 12.7. The van der Waals surface area contributed by atoms with Crippen molar-refractivity contribution in [2.45, 2.75) is 52.9 Å². The molecule has 0 saturated heterocycles. The van der Waals surface area contributed by atoms with Crippen molar-refractivity contribution in [2.75, 3.05) is 6.61 Å². The van der Waals surface area contributed by atoms with E-state index in [1.807, 2.05) is 24.3 Å². The fourth-order valence-electron chi connectivity index (χ4n) is 2.16. The van der Waals surface area contributed by atoms with Crippen LogP contribution in [-0.4, -0.2) is 18.6 Å². The van der Waals surface area contributed by atoms with E-state index in [1.54, 1.807) is 0 Å². The number of nitrogens with two attached hydrogens (primary N) is 1. The Morgan fingerprint density at radius 1 is 1.22 bits per heavy atom. The maximum absolute atomic E-state index is 11.6. The van der Waals surface area contributed by atoms with Crippen LogP contribution in [0, 0.1) is 5.92 Å². The largest absolute Gasteiger partial charge is 0.535 e. The number of carbonyl (C=O) groups is 1. The lowest BCUT2D eigenvalue weighted by molar-refractivity contribution is 0.0443. The Morgan fingerprint density at radius 3 is 2.48 bits per heavy atom. The van der Waals surface area contributed by atoms with E-state index in [4.69, 9.17) is 15.3 Å². The second kappa shape index (κ2) is 10.6. The second-order valence-electron chi connectivity index (χ2n) is 5.60. The van der Waals surface area contributed by atoms with Crippen molar-refractivity contribution in [1.82, 2.24) is 0 Å². The summed E-state index contributed by atoms with van der Waals surface area (Å²) >= 11 is 0. The molecule has 128 valence electrons. The van der Waals surface area contributed by atoms with Crippen LogP contribution in [-0.2, 0) is 16.0 Å². The summed E-state index contributed by atoms with van der Waals surface area (Å²) in [6, 6.07) is 7.64. The van der Waals surface area contributed by atoms with Gasteiger partial charge in [0, 0.05) is 5.56 Å². The number of ether oxygens (including phenoxy) is 1. The molecule has 0 aromatic heterocycles. The summed E-state index contributed by atoms with van der Waals surface area (Å²) in [6.45, 7) is 6.67. The Labute approximate surface area is 138 Å². The second-order valence-corrected chi connectivity index (χ2v) is 5.60. The molecular weight excluding hydrogens is 292 g/mol. The van der Waals surface area contributed by atoms with Crippen molar-refractivity contribution < 1.29 is 14.4 Å². The molecule has 0 spiro atoms. The van der Waals surface area contributed by atoms with Gasteiger partial charge < -0.3 is 10.5 Å². The van der Waals surface area contributed by atoms with Crippen molar-refractivity contribution in [3.8, 4) is 0 Å². The summed E-state index contributed by atoms with van der Waals surface area (Å²) in [7, 11) is 0. The minimum absolute atomic E-state index is 0.155. The number of carbonyl (C=O) groups excluding carboxylic acids is 1. The first-order valence-electron chi connectivity index (χ1n) is 8.37. The highest BCUT2D eigenvalue weighted by molar-refractivity contribution is 5.97. The average molecular weight is 320 g/mol. The molecule has 1 rings (SSSR count). The Morgan fingerprint density at radius 2 is 1.91 bits per heavy atom. The molecule has 1 atom stereocenters. The number of oxime groups is 1. The minimum Gasteiger partial charge on any atom is -0.432 e. The van der Waals surface area contributed by atoms with Gasteiger partial charge in [0.25, 0.3) is 0 Å². The summed E-state index contributed by atoms with van der Waals surface area (Å²) < 4.78 is 5.09. The Hall–Kier alpha value is -2.04. The van der Waals surface area contributed by atoms with E-state index in [2.05, 4.69) is 25.9 Å². The van der Waals surface area contributed by atoms with E-state index >= 15 is 0 Å². The summed E-state index contributed by atoms with van der Waals surface area (Å²) in [5.74, 6) is 0.521. The Bertz CT molecular complexity index is 497. The Kier molecular flexibility index (Phi) is 8.80. The van der Waals surface area contributed by atoms with Crippen LogP contribution in [0.5, 0.6) is 0 Å². The van der Waals surface area contributed by atoms with Crippen LogP contribution in [0.4, 0.5) is 4.79 Å². The SMILES string of the molecule is CCCCC(CC)COC(=O)O/N=C(\N)c1ccc(CC)cc1. The highest BCUT2D eigenvalue weighted by Gasteiger charge is 2.11. The van der Waals surface area contributed by atoms with Crippen molar-refractivity contribution in [2.24, 2.45) is 16.8 Å². The van der Waals surface area contributed by atoms with Crippen molar-refractivity contribution in [1.29, 1.82) is 0 Å². The van der Waals surface area contributed by atoms with E-state index in [-0.39, 0.29) is 5.84 Å². The first-order valence-corrected chi connectivity index (χ1v) is 8.37. The first kappa shape index (κ1) is 19.0. The lowest BCUT2D eigenvalue weighted by Gasteiger charge is -2.13. The standard InChI is InChI=1S/C18H28N2O3/c1-4-7-8-15(6-3)13-22-18(21)23-20-17(19)16-11-9-14(5-2)10-12-16/h9-12,15H,4-8,13H2,1-3H3,(H2,19,20). The highest BCUT2D eigenvalue weighted by atomic mass is 16.8. The number of nitrogens with zero attached hydrogens (tertiary/aromatic N) is 1. The molecule has 1 aromatic carbocycles. The molecule has 23 heavy (non-hydrogen) atoms. The number of amidine groups is 1. The quantitative estimate of drug-likeness (QED) is 0.243. The van der Waals surface area contributed by atoms with Crippen LogP contribution < -0.4 is 5.73 Å². The van der Waals surface area contributed by atoms with Gasteiger partial charge in [0.2, 0.25) is 0 Å². The summed E-state index contributed by atoms with van der Waals surface area (Å²) in [5.41, 5.74) is 7.72. The number of rotatable bonds is 9. The Balaban J connectivity index is 2.43. The van der Waals surface area contributed by atoms with Gasteiger partial charge in [-0.3, -0.25) is 4.84 Å². The molecule has 5 heteroatoms. The third kappa shape index (κ3) is 7.17. The van der Waals surface area contributed by atoms with Crippen LogP contribution in [0.1, 0.15) is 57.6 Å². The van der Waals surface area contributed by atoms with Gasteiger partial charge in [-0.05, 0) is 24.3 Å². The molecule has 5 nitrogen and oxygen atoms in total. The van der Waals surface area contributed by atoms with Crippen LogP contribution in [0.3, 0.4) is 0 Å². The molecule has 1 aromatic rings. The molecule has 0 fully saturated rings. The monoisotopic (exact) mass is 320 g/mol. The molecule has 0 amide bonds. The zero-order valence-electron chi connectivity index (χ0n) is 14.4. The molecule has 0 saturated carbocycles. The van der Waals surface area contributed by atoms with Gasteiger partial charge in [0.15, 0.2) is 5.84 Å². The molecule has 0 radical (unpaired) electrons. The third-order valence-corrected chi connectivity index (χ3v) is 3.86. The number of unbranched alkanes of at least 4 members (excludes halogenated alkanes) is 1. The van der Waals surface area contributed by atoms with Crippen LogP contribution in [0.2, 0.25) is 0 Å². The lowest BCUT2D eigenvalue weighted by atomic mass is 10.0. The zero-order chi connectivity index (χ0) is 17.1. The fourth-order valence-corrected chi connectivity index (χ4v) is 2.16. The zero-order valence-corrected chi connectivity index (χ0v) is 14.4. The van der Waals surface area contributed by atoms with Crippen LogP contribution in [0.25, 0.3) is 0 Å².